The van der Waals surface area contributed by atoms with Gasteiger partial charge in [-0.05, 0) is 18.2 Å². The number of nitrogens with two attached hydrogens (primary N) is 1. The number of hydrogen-bond acceptors (Lipinski definition) is 3. The van der Waals surface area contributed by atoms with Crippen LogP contribution in [0.5, 0.6) is 0 Å². The van der Waals surface area contributed by atoms with Crippen LogP contribution in [0.4, 0.5) is 11.4 Å². The van der Waals surface area contributed by atoms with Gasteiger partial charge in [-0.15, -0.1) is 0 Å². The number of nitrogens with zero attached hydrogens (tertiary/aromatic N) is 1. The first-order valence-electron chi connectivity index (χ1n) is 4.50. The Hall–Kier alpha value is -1.55. The van der Waals surface area contributed by atoms with Crippen molar-refractivity contribution in [3.8, 4) is 0 Å². The Balaban J connectivity index is 2.48. The largest absolute Gasteiger partial charge is 0.397 e. The van der Waals surface area contributed by atoms with Gasteiger partial charge in [-0.1, -0.05) is 11.6 Å². The number of halogens is 1. The minimum Gasteiger partial charge on any atom is -0.397 e. The number of imide groups is 1. The van der Waals surface area contributed by atoms with Crippen molar-refractivity contribution in [2.24, 2.45) is 0 Å². The zero-order valence-corrected chi connectivity index (χ0v) is 8.62. The maximum Gasteiger partial charge on any atom is 0.234 e. The SMILES string of the molecule is Nc1ccc(Cl)cc1N1C(=O)CCC1=O. The molecule has 0 unspecified atom stereocenters. The van der Waals surface area contributed by atoms with E-state index in [-0.39, 0.29) is 24.7 Å². The average Bonchev–Trinajstić information content (AvgIpc) is 2.51. The molecule has 2 N–H and O–H groups in total. The Morgan fingerprint density at radius 2 is 1.80 bits per heavy atom. The molecule has 0 aromatic heterocycles. The highest BCUT2D eigenvalue weighted by molar-refractivity contribution is 6.31. The number of anilines is 2. The van der Waals surface area contributed by atoms with Crippen molar-refractivity contribution < 1.29 is 9.59 Å². The normalized spacial score (nSPS) is 16.2. The fraction of sp³-hybridized carbons (Fsp3) is 0.200. The molecule has 0 saturated carbocycles. The predicted octanol–water partition coefficient (Wildman–Crippen LogP) is 1.58. The second kappa shape index (κ2) is 3.55. The van der Waals surface area contributed by atoms with Crippen LogP contribution in [0.1, 0.15) is 12.8 Å². The minimum absolute atomic E-state index is 0.228. The summed E-state index contributed by atoms with van der Waals surface area (Å²) in [5, 5.41) is 0.451. The van der Waals surface area contributed by atoms with Gasteiger partial charge in [-0.3, -0.25) is 9.59 Å². The predicted molar refractivity (Wildman–Crippen MR) is 57.6 cm³/mol. The van der Waals surface area contributed by atoms with E-state index in [0.29, 0.717) is 16.4 Å². The van der Waals surface area contributed by atoms with Gasteiger partial charge >= 0.3 is 0 Å². The third-order valence-electron chi connectivity index (χ3n) is 2.28. The number of carbonyl (C=O) groups is 2. The van der Waals surface area contributed by atoms with E-state index in [0.717, 1.165) is 4.90 Å². The molecule has 15 heavy (non-hydrogen) atoms. The Morgan fingerprint density at radius 1 is 1.20 bits per heavy atom. The van der Waals surface area contributed by atoms with Gasteiger partial charge in [-0.2, -0.15) is 0 Å². The summed E-state index contributed by atoms with van der Waals surface area (Å²) < 4.78 is 0. The van der Waals surface area contributed by atoms with Crippen molar-refractivity contribution in [3.05, 3.63) is 23.2 Å². The van der Waals surface area contributed by atoms with Crippen molar-refractivity contribution in [3.63, 3.8) is 0 Å². The Morgan fingerprint density at radius 3 is 2.40 bits per heavy atom. The zero-order chi connectivity index (χ0) is 11.0. The first-order valence-corrected chi connectivity index (χ1v) is 4.88. The Labute approximate surface area is 91.6 Å². The number of rotatable bonds is 1. The summed E-state index contributed by atoms with van der Waals surface area (Å²) in [6.07, 6.45) is 0.482. The maximum atomic E-state index is 11.5. The molecule has 1 aromatic carbocycles. The highest BCUT2D eigenvalue weighted by Gasteiger charge is 2.31. The molecule has 78 valence electrons. The van der Waals surface area contributed by atoms with E-state index in [9.17, 15) is 9.59 Å². The van der Waals surface area contributed by atoms with Crippen LogP contribution in [0, 0.1) is 0 Å². The number of nitrogen functional groups attached to an aromatic ring is 1. The van der Waals surface area contributed by atoms with Crippen molar-refractivity contribution in [2.45, 2.75) is 12.8 Å². The third-order valence-corrected chi connectivity index (χ3v) is 2.52. The van der Waals surface area contributed by atoms with Crippen LogP contribution in [0.25, 0.3) is 0 Å². The monoisotopic (exact) mass is 224 g/mol. The fourth-order valence-electron chi connectivity index (χ4n) is 1.56. The highest BCUT2D eigenvalue weighted by atomic mass is 35.5. The molecule has 0 aliphatic carbocycles. The molecule has 1 aromatic rings. The molecule has 1 saturated heterocycles. The molecule has 1 aliphatic rings. The van der Waals surface area contributed by atoms with E-state index in [1.165, 1.54) is 6.07 Å². The summed E-state index contributed by atoms with van der Waals surface area (Å²) in [6.45, 7) is 0. The van der Waals surface area contributed by atoms with Crippen LogP contribution in [0.2, 0.25) is 5.02 Å². The van der Waals surface area contributed by atoms with Gasteiger partial charge < -0.3 is 5.73 Å². The number of carbonyl (C=O) groups excluding carboxylic acids is 2. The topological polar surface area (TPSA) is 63.4 Å². The van der Waals surface area contributed by atoms with Crippen molar-refractivity contribution >= 4 is 34.8 Å². The summed E-state index contributed by atoms with van der Waals surface area (Å²) in [6, 6.07) is 4.72. The van der Waals surface area contributed by atoms with Crippen LogP contribution in [-0.4, -0.2) is 11.8 Å². The molecule has 0 bridgehead atoms. The van der Waals surface area contributed by atoms with E-state index in [1.807, 2.05) is 0 Å². The molecular weight excluding hydrogens is 216 g/mol. The van der Waals surface area contributed by atoms with Gasteiger partial charge in [0.15, 0.2) is 0 Å². The summed E-state index contributed by atoms with van der Waals surface area (Å²) >= 11 is 5.79. The van der Waals surface area contributed by atoms with E-state index < -0.39 is 0 Å². The van der Waals surface area contributed by atoms with Gasteiger partial charge in [0.05, 0.1) is 11.4 Å². The van der Waals surface area contributed by atoms with Gasteiger partial charge in [-0.25, -0.2) is 4.90 Å². The number of hydrogen-bond donors (Lipinski definition) is 1. The molecule has 1 aliphatic heterocycles. The molecule has 0 radical (unpaired) electrons. The average molecular weight is 225 g/mol. The van der Waals surface area contributed by atoms with E-state index in [4.69, 9.17) is 17.3 Å². The summed E-state index contributed by atoms with van der Waals surface area (Å²) in [7, 11) is 0. The molecule has 0 spiro atoms. The zero-order valence-electron chi connectivity index (χ0n) is 7.87. The van der Waals surface area contributed by atoms with E-state index >= 15 is 0 Å². The lowest BCUT2D eigenvalue weighted by molar-refractivity contribution is -0.121. The Kier molecular flexibility index (Phi) is 2.36. The molecular formula is C10H9ClN2O2. The molecule has 1 fully saturated rings. The van der Waals surface area contributed by atoms with E-state index in [1.54, 1.807) is 12.1 Å². The van der Waals surface area contributed by atoms with Gasteiger partial charge in [0.2, 0.25) is 11.8 Å². The molecule has 4 nitrogen and oxygen atoms in total. The maximum absolute atomic E-state index is 11.5. The first kappa shape index (κ1) is 9.98. The lowest BCUT2D eigenvalue weighted by atomic mass is 10.2. The Bertz CT molecular complexity index is 429. The summed E-state index contributed by atoms with van der Waals surface area (Å²) in [5.74, 6) is -0.456. The fourth-order valence-corrected chi connectivity index (χ4v) is 1.72. The quantitative estimate of drug-likeness (QED) is 0.582. The van der Waals surface area contributed by atoms with Crippen molar-refractivity contribution in [1.82, 2.24) is 0 Å². The van der Waals surface area contributed by atoms with Gasteiger partial charge in [0, 0.05) is 17.9 Å². The summed E-state index contributed by atoms with van der Waals surface area (Å²) in [5.41, 5.74) is 6.45. The van der Waals surface area contributed by atoms with Gasteiger partial charge in [0.1, 0.15) is 0 Å². The standard InChI is InChI=1S/C10H9ClN2O2/c11-6-1-2-7(12)8(5-6)13-9(14)3-4-10(13)15/h1-2,5H,3-4,12H2. The van der Waals surface area contributed by atoms with Crippen LogP contribution in [0.3, 0.4) is 0 Å². The first-order chi connectivity index (χ1) is 7.09. The number of benzene rings is 1. The van der Waals surface area contributed by atoms with Crippen LogP contribution in [0.15, 0.2) is 18.2 Å². The lowest BCUT2D eigenvalue weighted by Gasteiger charge is -2.16. The van der Waals surface area contributed by atoms with Crippen molar-refractivity contribution in [1.29, 1.82) is 0 Å². The van der Waals surface area contributed by atoms with Crippen molar-refractivity contribution in [2.75, 3.05) is 10.6 Å². The smallest absolute Gasteiger partial charge is 0.234 e. The third kappa shape index (κ3) is 1.68. The highest BCUT2D eigenvalue weighted by Crippen LogP contribution is 2.30. The summed E-state index contributed by atoms with van der Waals surface area (Å²) in [4.78, 5) is 24.0. The van der Waals surface area contributed by atoms with Crippen LogP contribution >= 0.6 is 11.6 Å². The lowest BCUT2D eigenvalue weighted by Crippen LogP contribution is -2.29. The minimum atomic E-state index is -0.228. The number of amides is 2. The second-order valence-electron chi connectivity index (χ2n) is 3.33. The van der Waals surface area contributed by atoms with Crippen LogP contribution < -0.4 is 10.6 Å². The molecule has 5 heteroatoms. The molecule has 0 atom stereocenters. The second-order valence-corrected chi connectivity index (χ2v) is 3.76. The molecule has 1 heterocycles. The van der Waals surface area contributed by atoms with Gasteiger partial charge in [0.25, 0.3) is 0 Å². The van der Waals surface area contributed by atoms with Crippen LogP contribution in [-0.2, 0) is 9.59 Å². The van der Waals surface area contributed by atoms with E-state index in [2.05, 4.69) is 0 Å². The molecule has 2 rings (SSSR count). The molecule has 2 amide bonds.